The highest BCUT2D eigenvalue weighted by Crippen LogP contribution is 1.97. The lowest BCUT2D eigenvalue weighted by molar-refractivity contribution is 0.324. The maximum absolute atomic E-state index is 10.8. The van der Waals surface area contributed by atoms with Crippen molar-refractivity contribution in [2.24, 2.45) is 0 Å². The van der Waals surface area contributed by atoms with E-state index in [0.717, 1.165) is 5.41 Å². The highest BCUT2D eigenvalue weighted by atomic mass is 79.9. The van der Waals surface area contributed by atoms with E-state index in [1.165, 1.54) is 6.08 Å². The molecule has 0 aliphatic heterocycles. The van der Waals surface area contributed by atoms with E-state index in [9.17, 15) is 8.42 Å². The molecule has 0 fully saturated rings. The van der Waals surface area contributed by atoms with Crippen molar-refractivity contribution in [3.63, 3.8) is 0 Å². The van der Waals surface area contributed by atoms with Crippen molar-refractivity contribution in [3.8, 4) is 0 Å². The first-order chi connectivity index (χ1) is 5.12. The molecule has 0 heterocycles. The SMILES string of the molecule is CCCOS(=O)(=O)C=CCBr. The second-order valence-electron chi connectivity index (χ2n) is 1.84. The van der Waals surface area contributed by atoms with Gasteiger partial charge in [0.15, 0.2) is 0 Å². The summed E-state index contributed by atoms with van der Waals surface area (Å²) >= 11 is 3.06. The lowest BCUT2D eigenvalue weighted by Crippen LogP contribution is -2.02. The molecular weight excluding hydrogens is 232 g/mol. The Balaban J connectivity index is 3.92. The molecule has 0 aromatic carbocycles. The molecule has 0 spiro atoms. The first-order valence-electron chi connectivity index (χ1n) is 3.24. The van der Waals surface area contributed by atoms with E-state index in [1.54, 1.807) is 0 Å². The summed E-state index contributed by atoms with van der Waals surface area (Å²) in [6.07, 6.45) is 2.17. The van der Waals surface area contributed by atoms with Gasteiger partial charge in [-0.2, -0.15) is 8.42 Å². The predicted octanol–water partition coefficient (Wildman–Crippen LogP) is 1.65. The van der Waals surface area contributed by atoms with Gasteiger partial charge in [0.05, 0.1) is 12.0 Å². The van der Waals surface area contributed by atoms with E-state index in [0.29, 0.717) is 11.8 Å². The van der Waals surface area contributed by atoms with Crippen LogP contribution in [0.3, 0.4) is 0 Å². The predicted molar refractivity (Wildman–Crippen MR) is 48.1 cm³/mol. The van der Waals surface area contributed by atoms with Crippen LogP contribution in [0.15, 0.2) is 11.5 Å². The zero-order chi connectivity index (χ0) is 8.74. The summed E-state index contributed by atoms with van der Waals surface area (Å²) in [6, 6.07) is 0. The molecule has 0 atom stereocenters. The maximum Gasteiger partial charge on any atom is 0.289 e. The van der Waals surface area contributed by atoms with Crippen molar-refractivity contribution in [2.75, 3.05) is 11.9 Å². The molecule has 3 nitrogen and oxygen atoms in total. The second-order valence-corrected chi connectivity index (χ2v) is 3.98. The molecule has 11 heavy (non-hydrogen) atoms. The van der Waals surface area contributed by atoms with E-state index in [-0.39, 0.29) is 6.61 Å². The van der Waals surface area contributed by atoms with Gasteiger partial charge in [0.1, 0.15) is 0 Å². The lowest BCUT2D eigenvalue weighted by atomic mass is 10.5. The average molecular weight is 243 g/mol. The molecule has 0 rings (SSSR count). The van der Waals surface area contributed by atoms with Gasteiger partial charge in [-0.05, 0) is 6.42 Å². The minimum absolute atomic E-state index is 0.245. The van der Waals surface area contributed by atoms with Crippen molar-refractivity contribution < 1.29 is 12.6 Å². The van der Waals surface area contributed by atoms with Crippen LogP contribution in [0, 0.1) is 0 Å². The molecule has 0 aromatic heterocycles. The zero-order valence-electron chi connectivity index (χ0n) is 6.29. The van der Waals surface area contributed by atoms with Crippen molar-refractivity contribution in [3.05, 3.63) is 11.5 Å². The summed E-state index contributed by atoms with van der Waals surface area (Å²) in [5, 5.41) is 1.57. The standard InChI is InChI=1S/C6H11BrO3S/c1-2-5-10-11(8,9)6-3-4-7/h3,6H,2,4-5H2,1H3. The third-order valence-corrected chi connectivity index (χ3v) is 2.20. The average Bonchev–Trinajstić information content (AvgIpc) is 1.97. The van der Waals surface area contributed by atoms with Crippen LogP contribution < -0.4 is 0 Å². The van der Waals surface area contributed by atoms with Gasteiger partial charge in [-0.1, -0.05) is 28.9 Å². The topological polar surface area (TPSA) is 43.4 Å². The molecule has 0 amide bonds. The minimum Gasteiger partial charge on any atom is -0.267 e. The third-order valence-electron chi connectivity index (χ3n) is 0.804. The highest BCUT2D eigenvalue weighted by Gasteiger charge is 2.02. The van der Waals surface area contributed by atoms with Crippen LogP contribution >= 0.6 is 15.9 Å². The molecule has 0 bridgehead atoms. The summed E-state index contributed by atoms with van der Waals surface area (Å²) in [6.45, 7) is 2.10. The number of alkyl halides is 1. The first-order valence-corrected chi connectivity index (χ1v) is 5.83. The smallest absolute Gasteiger partial charge is 0.267 e. The summed E-state index contributed by atoms with van der Waals surface area (Å²) in [5.41, 5.74) is 0. The molecular formula is C6H11BrO3S. The van der Waals surface area contributed by atoms with E-state index < -0.39 is 10.1 Å². The van der Waals surface area contributed by atoms with Gasteiger partial charge in [0, 0.05) is 5.33 Å². The molecule has 0 saturated heterocycles. The Morgan fingerprint density at radius 2 is 2.18 bits per heavy atom. The monoisotopic (exact) mass is 242 g/mol. The number of hydrogen-bond acceptors (Lipinski definition) is 3. The number of rotatable bonds is 5. The molecule has 0 unspecified atom stereocenters. The number of hydrogen-bond donors (Lipinski definition) is 0. The fourth-order valence-electron chi connectivity index (χ4n) is 0.393. The Labute approximate surface area is 75.7 Å². The summed E-state index contributed by atoms with van der Waals surface area (Å²) < 4.78 is 26.2. The molecule has 66 valence electrons. The van der Waals surface area contributed by atoms with Crippen molar-refractivity contribution in [1.82, 2.24) is 0 Å². The summed E-state index contributed by atoms with van der Waals surface area (Å²) in [5.74, 6) is 0. The van der Waals surface area contributed by atoms with E-state index in [4.69, 9.17) is 0 Å². The van der Waals surface area contributed by atoms with Gasteiger partial charge >= 0.3 is 0 Å². The summed E-state index contributed by atoms with van der Waals surface area (Å²) in [7, 11) is -3.42. The fraction of sp³-hybridized carbons (Fsp3) is 0.667. The van der Waals surface area contributed by atoms with Crippen molar-refractivity contribution in [1.29, 1.82) is 0 Å². The van der Waals surface area contributed by atoms with Gasteiger partial charge in [-0.25, -0.2) is 0 Å². The number of allylic oxidation sites excluding steroid dienone is 1. The molecule has 0 aromatic rings. The Hall–Kier alpha value is 0.130. The van der Waals surface area contributed by atoms with Gasteiger partial charge in [0.25, 0.3) is 10.1 Å². The van der Waals surface area contributed by atoms with Crippen LogP contribution in [0.5, 0.6) is 0 Å². The van der Waals surface area contributed by atoms with Gasteiger partial charge in [-0.3, -0.25) is 4.18 Å². The number of halogens is 1. The van der Waals surface area contributed by atoms with Crippen molar-refractivity contribution >= 4 is 26.0 Å². The van der Waals surface area contributed by atoms with E-state index >= 15 is 0 Å². The Morgan fingerprint density at radius 3 is 2.64 bits per heavy atom. The van der Waals surface area contributed by atoms with Crippen LogP contribution in [-0.4, -0.2) is 20.4 Å². The van der Waals surface area contributed by atoms with Crippen LogP contribution in [-0.2, 0) is 14.3 Å². The molecule has 0 radical (unpaired) electrons. The van der Waals surface area contributed by atoms with E-state index in [1.807, 2.05) is 6.92 Å². The fourth-order valence-corrected chi connectivity index (χ4v) is 1.64. The highest BCUT2D eigenvalue weighted by molar-refractivity contribution is 9.09. The van der Waals surface area contributed by atoms with Gasteiger partial charge < -0.3 is 0 Å². The largest absolute Gasteiger partial charge is 0.289 e. The molecule has 0 saturated carbocycles. The van der Waals surface area contributed by atoms with E-state index in [2.05, 4.69) is 20.1 Å². The zero-order valence-corrected chi connectivity index (χ0v) is 8.69. The molecule has 0 N–H and O–H groups in total. The van der Waals surface area contributed by atoms with Gasteiger partial charge in [-0.15, -0.1) is 0 Å². The van der Waals surface area contributed by atoms with Crippen LogP contribution in [0.25, 0.3) is 0 Å². The molecule has 0 aliphatic rings. The first kappa shape index (κ1) is 11.1. The van der Waals surface area contributed by atoms with Gasteiger partial charge in [0.2, 0.25) is 0 Å². The summed E-state index contributed by atoms with van der Waals surface area (Å²) in [4.78, 5) is 0. The van der Waals surface area contributed by atoms with Crippen LogP contribution in [0.1, 0.15) is 13.3 Å². The normalized spacial score (nSPS) is 12.5. The second kappa shape index (κ2) is 5.74. The minimum atomic E-state index is -3.42. The van der Waals surface area contributed by atoms with Crippen molar-refractivity contribution in [2.45, 2.75) is 13.3 Å². The van der Waals surface area contributed by atoms with Crippen LogP contribution in [0.4, 0.5) is 0 Å². The Morgan fingerprint density at radius 1 is 1.55 bits per heavy atom. The molecule has 0 aliphatic carbocycles. The maximum atomic E-state index is 10.8. The molecule has 5 heteroatoms. The van der Waals surface area contributed by atoms with Crippen LogP contribution in [0.2, 0.25) is 0 Å². The Kier molecular flexibility index (Phi) is 5.81. The Bertz CT molecular complexity index is 208. The lowest BCUT2D eigenvalue weighted by Gasteiger charge is -1.96. The third kappa shape index (κ3) is 6.52. The quantitative estimate of drug-likeness (QED) is 0.544.